The second-order valence-corrected chi connectivity index (χ2v) is 7.74. The quantitative estimate of drug-likeness (QED) is 0.227. The van der Waals surface area contributed by atoms with E-state index < -0.39 is 72.1 Å². The first kappa shape index (κ1) is 26.9. The van der Waals surface area contributed by atoms with Gasteiger partial charge < -0.3 is 0 Å². The fourth-order valence-electron chi connectivity index (χ4n) is 3.75. The van der Waals surface area contributed by atoms with Gasteiger partial charge in [0.1, 0.15) is 0 Å². The first-order valence-corrected chi connectivity index (χ1v) is 8.60. The molecule has 2 aliphatic rings. The summed E-state index contributed by atoms with van der Waals surface area (Å²) in [6, 6.07) is 0. The lowest BCUT2D eigenvalue weighted by molar-refractivity contribution is -0.447. The van der Waals surface area contributed by atoms with Crippen molar-refractivity contribution in [2.75, 3.05) is 0 Å². The maximum absolute atomic E-state index is 14.0. The summed E-state index contributed by atoms with van der Waals surface area (Å²) in [5, 5.41) is 0. The van der Waals surface area contributed by atoms with Crippen LogP contribution in [0.2, 0.25) is 0 Å². The number of fused-ring (bicyclic) bond motifs is 2. The number of alkyl halides is 16. The SMILES string of the molecule is FC(F)C(F)(F)C(F)(F)C(F)(F)C(F)(F)C(F)(F)C(F)(F)C(F)(F)CC1CC2C=CC1C2. The van der Waals surface area contributed by atoms with Crippen molar-refractivity contribution in [1.82, 2.24) is 0 Å². The van der Waals surface area contributed by atoms with Crippen LogP contribution in [-0.2, 0) is 0 Å². The lowest BCUT2D eigenvalue weighted by Gasteiger charge is -2.43. The Morgan fingerprint density at radius 3 is 1.41 bits per heavy atom. The van der Waals surface area contributed by atoms with Gasteiger partial charge in [-0.1, -0.05) is 12.2 Å². The van der Waals surface area contributed by atoms with Crippen LogP contribution in [0.1, 0.15) is 19.3 Å². The van der Waals surface area contributed by atoms with Crippen LogP contribution in [-0.4, -0.2) is 47.9 Å². The standard InChI is InChI=1S/C16H12F16/c17-9(18)11(21,22)13(25,26)15(29,30)16(31,32)14(27,28)12(23,24)10(19,20)5-8-4-6-1-2-7(8)3-6/h1-2,6-9H,3-5H2. The molecule has 2 rings (SSSR count). The molecule has 0 amide bonds. The van der Waals surface area contributed by atoms with Crippen LogP contribution in [0.25, 0.3) is 0 Å². The average molecular weight is 508 g/mol. The molecule has 0 heterocycles. The molecule has 1 saturated carbocycles. The minimum Gasteiger partial charge on any atom is -0.203 e. The molecule has 32 heavy (non-hydrogen) atoms. The summed E-state index contributed by atoms with van der Waals surface area (Å²) >= 11 is 0. The molecule has 0 saturated heterocycles. The lowest BCUT2D eigenvalue weighted by atomic mass is 9.83. The van der Waals surface area contributed by atoms with Gasteiger partial charge in [-0.15, -0.1) is 0 Å². The third-order valence-electron chi connectivity index (χ3n) is 5.66. The fourth-order valence-corrected chi connectivity index (χ4v) is 3.75. The number of halogens is 16. The second-order valence-electron chi connectivity index (χ2n) is 7.74. The highest BCUT2D eigenvalue weighted by Gasteiger charge is 2.93. The Kier molecular flexibility index (Phi) is 6.14. The van der Waals surface area contributed by atoms with E-state index in [2.05, 4.69) is 0 Å². The number of hydrogen-bond acceptors (Lipinski definition) is 0. The van der Waals surface area contributed by atoms with Crippen LogP contribution in [0.4, 0.5) is 70.2 Å². The van der Waals surface area contributed by atoms with Crippen molar-refractivity contribution in [3.8, 4) is 0 Å². The number of rotatable bonds is 9. The molecule has 0 aromatic heterocycles. The maximum atomic E-state index is 14.0. The predicted octanol–water partition coefficient (Wildman–Crippen LogP) is 7.30. The zero-order valence-electron chi connectivity index (χ0n) is 15.1. The molecule has 3 unspecified atom stereocenters. The van der Waals surface area contributed by atoms with E-state index in [1.807, 2.05) is 0 Å². The van der Waals surface area contributed by atoms with Gasteiger partial charge in [0, 0.05) is 6.42 Å². The van der Waals surface area contributed by atoms with Gasteiger partial charge in [-0.2, -0.15) is 61.5 Å². The van der Waals surface area contributed by atoms with Crippen LogP contribution >= 0.6 is 0 Å². The molecule has 0 aromatic carbocycles. The van der Waals surface area contributed by atoms with E-state index in [-0.39, 0.29) is 12.8 Å². The Bertz CT molecular complexity index is 736. The van der Waals surface area contributed by atoms with Gasteiger partial charge in [-0.25, -0.2) is 8.78 Å². The monoisotopic (exact) mass is 508 g/mol. The number of allylic oxidation sites excluding steroid dienone is 2. The van der Waals surface area contributed by atoms with E-state index in [0.29, 0.717) is 0 Å². The molecule has 2 bridgehead atoms. The van der Waals surface area contributed by atoms with Crippen molar-refractivity contribution < 1.29 is 70.2 Å². The first-order chi connectivity index (χ1) is 14.0. The molecule has 188 valence electrons. The van der Waals surface area contributed by atoms with Crippen LogP contribution in [0.5, 0.6) is 0 Å². The highest BCUT2D eigenvalue weighted by molar-refractivity contribution is 5.16. The van der Waals surface area contributed by atoms with Crippen molar-refractivity contribution >= 4 is 0 Å². The van der Waals surface area contributed by atoms with Crippen LogP contribution in [0.15, 0.2) is 12.2 Å². The molecule has 3 atom stereocenters. The molecule has 0 aromatic rings. The van der Waals surface area contributed by atoms with Crippen molar-refractivity contribution in [2.24, 2.45) is 17.8 Å². The average Bonchev–Trinajstić information content (AvgIpc) is 3.22. The molecule has 2 aliphatic carbocycles. The topological polar surface area (TPSA) is 0 Å². The van der Waals surface area contributed by atoms with Gasteiger partial charge in [0.25, 0.3) is 0 Å². The normalized spacial score (nSPS) is 25.8. The Morgan fingerprint density at radius 1 is 0.594 bits per heavy atom. The molecule has 16 heteroatoms. The van der Waals surface area contributed by atoms with Gasteiger partial charge >= 0.3 is 47.9 Å². The minimum atomic E-state index is -8.32. The van der Waals surface area contributed by atoms with Crippen molar-refractivity contribution in [3.63, 3.8) is 0 Å². The molecule has 0 aliphatic heterocycles. The maximum Gasteiger partial charge on any atom is 0.384 e. The Labute approximate surface area is 168 Å². The summed E-state index contributed by atoms with van der Waals surface area (Å²) in [6.45, 7) is 0. The smallest absolute Gasteiger partial charge is 0.203 e. The second kappa shape index (κ2) is 7.31. The molecular weight excluding hydrogens is 496 g/mol. The Balaban J connectivity index is 2.44. The van der Waals surface area contributed by atoms with E-state index in [4.69, 9.17) is 0 Å². The molecule has 0 spiro atoms. The van der Waals surface area contributed by atoms with E-state index >= 15 is 0 Å². The highest BCUT2D eigenvalue weighted by Crippen LogP contribution is 2.64. The first-order valence-electron chi connectivity index (χ1n) is 8.60. The van der Waals surface area contributed by atoms with E-state index in [9.17, 15) is 70.2 Å². The van der Waals surface area contributed by atoms with Gasteiger partial charge in [0.2, 0.25) is 0 Å². The van der Waals surface area contributed by atoms with Gasteiger partial charge in [-0.3, -0.25) is 0 Å². The summed E-state index contributed by atoms with van der Waals surface area (Å²) in [7, 11) is 0. The summed E-state index contributed by atoms with van der Waals surface area (Å²) < 4.78 is 213. The largest absolute Gasteiger partial charge is 0.384 e. The minimum absolute atomic E-state index is 0.131. The molecule has 0 N–H and O–H groups in total. The van der Waals surface area contributed by atoms with Crippen molar-refractivity contribution in [2.45, 2.75) is 67.1 Å². The predicted molar refractivity (Wildman–Crippen MR) is 74.1 cm³/mol. The zero-order valence-corrected chi connectivity index (χ0v) is 15.1. The molecular formula is C16H12F16. The van der Waals surface area contributed by atoms with Crippen molar-refractivity contribution in [3.05, 3.63) is 12.2 Å². The molecule has 1 fully saturated rings. The van der Waals surface area contributed by atoms with Crippen LogP contribution < -0.4 is 0 Å². The zero-order chi connectivity index (χ0) is 25.3. The van der Waals surface area contributed by atoms with E-state index in [0.717, 1.165) is 0 Å². The van der Waals surface area contributed by atoms with Crippen LogP contribution in [0.3, 0.4) is 0 Å². The number of hydrogen-bond donors (Lipinski definition) is 0. The third kappa shape index (κ3) is 3.36. The van der Waals surface area contributed by atoms with Gasteiger partial charge in [-0.05, 0) is 30.6 Å². The highest BCUT2D eigenvalue weighted by atomic mass is 19.4. The van der Waals surface area contributed by atoms with Crippen molar-refractivity contribution in [1.29, 1.82) is 0 Å². The summed E-state index contributed by atoms with van der Waals surface area (Å²) in [4.78, 5) is 0. The third-order valence-corrected chi connectivity index (χ3v) is 5.66. The van der Waals surface area contributed by atoms with E-state index in [1.54, 1.807) is 0 Å². The van der Waals surface area contributed by atoms with E-state index in [1.165, 1.54) is 12.2 Å². The fraction of sp³-hybridized carbons (Fsp3) is 0.875. The summed E-state index contributed by atoms with van der Waals surface area (Å²) in [6.07, 6.45) is -5.49. The van der Waals surface area contributed by atoms with Gasteiger partial charge in [0.15, 0.2) is 0 Å². The molecule has 0 radical (unpaired) electrons. The Morgan fingerprint density at radius 2 is 1.03 bits per heavy atom. The molecule has 0 nitrogen and oxygen atoms in total. The van der Waals surface area contributed by atoms with Crippen LogP contribution in [0, 0.1) is 17.8 Å². The Hall–Kier alpha value is -1.38. The summed E-state index contributed by atoms with van der Waals surface area (Å²) in [5.41, 5.74) is 0. The lowest BCUT2D eigenvalue weighted by Crippen LogP contribution is -2.73. The van der Waals surface area contributed by atoms with Gasteiger partial charge in [0.05, 0.1) is 0 Å². The summed E-state index contributed by atoms with van der Waals surface area (Å²) in [5.74, 6) is -56.6.